The minimum Gasteiger partial charge on any atom is -0.508 e. The first-order valence-electron chi connectivity index (χ1n) is 28.5. The molecule has 82 heavy (non-hydrogen) atoms. The maximum atomic E-state index is 12.6. The van der Waals surface area contributed by atoms with E-state index in [2.05, 4.69) is 58.0 Å². The van der Waals surface area contributed by atoms with E-state index >= 15 is 0 Å². The fourth-order valence-corrected chi connectivity index (χ4v) is 7.26. The zero-order valence-electron chi connectivity index (χ0n) is 50.9. The number of esters is 2. The smallest absolute Gasteiger partial charge is 0.421 e. The molecular formula is C69H91F3O10. The summed E-state index contributed by atoms with van der Waals surface area (Å²) in [6.07, 6.45) is 0.437. The quantitative estimate of drug-likeness (QED) is 0.0426. The molecule has 0 bridgehead atoms. The minimum absolute atomic E-state index is 0.0153. The van der Waals surface area contributed by atoms with Crippen molar-refractivity contribution in [1.29, 1.82) is 0 Å². The van der Waals surface area contributed by atoms with Gasteiger partial charge in [-0.05, 0) is 135 Å². The summed E-state index contributed by atoms with van der Waals surface area (Å²) in [5.41, 5.74) is -0.228. The van der Waals surface area contributed by atoms with Crippen LogP contribution in [0, 0.1) is 10.8 Å². The Labute approximate surface area is 485 Å². The van der Waals surface area contributed by atoms with E-state index in [9.17, 15) is 43.2 Å². The highest BCUT2D eigenvalue weighted by molar-refractivity contribution is 6.11. The van der Waals surface area contributed by atoms with Crippen LogP contribution in [-0.2, 0) is 24.7 Å². The standard InChI is InChI=1S/C20H14O3.C13H17F3O.C12H16O3.C10H14.C9H16O3.C3H8.C2H6/c21-16-10-9-12-5-1-2-6-13(12)19(16)20-15-8-4-3-7-14(15)17(22)11-18(20)23;1-4-9(2)10-5-7-11(8-6-10)12(3,17)13(14,15)16;1-4-12(2,3)11(14)15-10-7-5-9(13)6-8-10;1-3-9(2)10-7-5-4-6-8-10;1-4-9(2,3)8(10)12-6-7-5-11-7;1-3-2;1-2/h1-11,21-23H;5-9,17H,4H2,1-3H3;5-8,13H,4H2,1-3H3;4-9H,3H2,1-2H3;7H,4-6H2,1-3H3;3H2,1-2H3;1-2H3. The van der Waals surface area contributed by atoms with Gasteiger partial charge in [-0.15, -0.1) is 0 Å². The molecule has 1 heterocycles. The van der Waals surface area contributed by atoms with Crippen LogP contribution in [0.2, 0.25) is 0 Å². The van der Waals surface area contributed by atoms with Crippen molar-refractivity contribution in [3.63, 3.8) is 0 Å². The summed E-state index contributed by atoms with van der Waals surface area (Å²) >= 11 is 0. The van der Waals surface area contributed by atoms with Gasteiger partial charge in [0.05, 0.1) is 17.4 Å². The summed E-state index contributed by atoms with van der Waals surface area (Å²) in [6.45, 7) is 30.1. The fourth-order valence-electron chi connectivity index (χ4n) is 7.26. The summed E-state index contributed by atoms with van der Waals surface area (Å²) in [4.78, 5) is 23.0. The molecule has 7 aromatic rings. The van der Waals surface area contributed by atoms with Gasteiger partial charge in [-0.1, -0.05) is 185 Å². The number of carbonyl (C=O) groups excluding carboxylic acids is 2. The first kappa shape index (κ1) is 71.0. The second-order valence-corrected chi connectivity index (χ2v) is 21.4. The van der Waals surface area contributed by atoms with Gasteiger partial charge in [-0.25, -0.2) is 0 Å². The van der Waals surface area contributed by atoms with Gasteiger partial charge in [-0.3, -0.25) is 9.59 Å². The highest BCUT2D eigenvalue weighted by Crippen LogP contribution is 2.47. The molecule has 13 heteroatoms. The first-order valence-corrected chi connectivity index (χ1v) is 28.5. The van der Waals surface area contributed by atoms with Crippen LogP contribution < -0.4 is 4.74 Å². The van der Waals surface area contributed by atoms with E-state index in [-0.39, 0.29) is 52.0 Å². The highest BCUT2D eigenvalue weighted by atomic mass is 19.4. The van der Waals surface area contributed by atoms with Crippen molar-refractivity contribution >= 4 is 33.5 Å². The van der Waals surface area contributed by atoms with E-state index in [4.69, 9.17) is 19.3 Å². The molecule has 1 fully saturated rings. The number of alkyl halides is 3. The number of ether oxygens (including phenoxy) is 3. The van der Waals surface area contributed by atoms with Gasteiger partial charge in [0.2, 0.25) is 0 Å². The van der Waals surface area contributed by atoms with Gasteiger partial charge in [0, 0.05) is 22.6 Å². The van der Waals surface area contributed by atoms with Crippen molar-refractivity contribution in [2.45, 2.75) is 166 Å². The zero-order valence-corrected chi connectivity index (χ0v) is 50.9. The number of rotatable bonds is 13. The number of aliphatic hydroxyl groups is 1. The number of carbonyl (C=O) groups is 2. The summed E-state index contributed by atoms with van der Waals surface area (Å²) in [5, 5.41) is 52.7. The third-order valence-corrected chi connectivity index (χ3v) is 14.1. The Morgan fingerprint density at radius 2 is 1.02 bits per heavy atom. The Hall–Kier alpha value is -7.09. The number of phenols is 4. The summed E-state index contributed by atoms with van der Waals surface area (Å²) in [6, 6.07) is 42.5. The van der Waals surface area contributed by atoms with Crippen molar-refractivity contribution in [1.82, 2.24) is 0 Å². The predicted octanol–water partition coefficient (Wildman–Crippen LogP) is 18.5. The van der Waals surface area contributed by atoms with Gasteiger partial charge in [0.25, 0.3) is 0 Å². The van der Waals surface area contributed by atoms with Gasteiger partial charge in [-0.2, -0.15) is 13.2 Å². The molecule has 0 aliphatic carbocycles. The van der Waals surface area contributed by atoms with E-state index in [1.165, 1.54) is 48.7 Å². The average Bonchev–Trinajstić information content (AvgIpc) is 4.35. The molecule has 0 radical (unpaired) electrons. The van der Waals surface area contributed by atoms with Crippen LogP contribution in [0.5, 0.6) is 28.7 Å². The van der Waals surface area contributed by atoms with Crippen LogP contribution in [0.3, 0.4) is 0 Å². The maximum absolute atomic E-state index is 12.6. The number of phenolic OH excluding ortho intramolecular Hbond substituents is 4. The molecule has 448 valence electrons. The summed E-state index contributed by atoms with van der Waals surface area (Å²) < 4.78 is 52.9. The second-order valence-electron chi connectivity index (χ2n) is 21.4. The average molecular weight is 1140 g/mol. The lowest BCUT2D eigenvalue weighted by atomic mass is 9.91. The lowest BCUT2D eigenvalue weighted by Gasteiger charge is -2.27. The molecule has 4 unspecified atom stereocenters. The lowest BCUT2D eigenvalue weighted by Crippen LogP contribution is -2.39. The molecule has 8 rings (SSSR count). The Balaban J connectivity index is 0.000000353. The molecule has 1 saturated heterocycles. The third kappa shape index (κ3) is 21.3. The molecule has 0 aromatic heterocycles. The van der Waals surface area contributed by atoms with Crippen LogP contribution >= 0.6 is 0 Å². The number of hydrogen-bond acceptors (Lipinski definition) is 10. The third-order valence-electron chi connectivity index (χ3n) is 14.1. The Bertz CT molecular complexity index is 2980. The van der Waals surface area contributed by atoms with Crippen molar-refractivity contribution in [2.75, 3.05) is 13.2 Å². The molecule has 0 saturated carbocycles. The lowest BCUT2D eigenvalue weighted by molar-refractivity contribution is -0.258. The van der Waals surface area contributed by atoms with E-state index in [0.717, 1.165) is 49.1 Å². The van der Waals surface area contributed by atoms with Gasteiger partial charge >= 0.3 is 18.1 Å². The Morgan fingerprint density at radius 1 is 0.573 bits per heavy atom. The molecule has 1 aliphatic rings. The van der Waals surface area contributed by atoms with Crippen LogP contribution in [0.1, 0.15) is 164 Å². The topological polar surface area (TPSA) is 166 Å². The van der Waals surface area contributed by atoms with E-state index < -0.39 is 17.2 Å². The number of hydrogen-bond donors (Lipinski definition) is 5. The summed E-state index contributed by atoms with van der Waals surface area (Å²) in [7, 11) is 0. The largest absolute Gasteiger partial charge is 0.508 e. The highest BCUT2D eigenvalue weighted by Gasteiger charge is 2.51. The van der Waals surface area contributed by atoms with Crippen molar-refractivity contribution in [3.8, 4) is 39.9 Å². The zero-order chi connectivity index (χ0) is 62.0. The van der Waals surface area contributed by atoms with Crippen LogP contribution in [-0.4, -0.2) is 63.0 Å². The van der Waals surface area contributed by atoms with Crippen LogP contribution in [0.25, 0.3) is 32.7 Å². The molecule has 1 aliphatic heterocycles. The molecular weight excluding hydrogens is 1050 g/mol. The van der Waals surface area contributed by atoms with Crippen molar-refractivity contribution in [3.05, 3.63) is 162 Å². The monoisotopic (exact) mass is 1140 g/mol. The molecule has 7 aromatic carbocycles. The molecule has 10 nitrogen and oxygen atoms in total. The SMILES string of the molecule is CC.CCC.CCC(C)(C)C(=O)OCC1CO1.CCC(C)(C)C(=O)Oc1ccc(O)cc1.CCC(C)c1ccc(C(C)(O)C(F)(F)F)cc1.CCC(C)c1ccccc1.Oc1ccc2ccccc2c1-c1c(O)cc(O)c2ccccc12. The minimum atomic E-state index is -4.66. The Morgan fingerprint density at radius 3 is 1.51 bits per heavy atom. The van der Waals surface area contributed by atoms with Crippen LogP contribution in [0.4, 0.5) is 13.2 Å². The molecule has 0 amide bonds. The van der Waals surface area contributed by atoms with Gasteiger partial charge in [0.15, 0.2) is 5.60 Å². The molecule has 5 N–H and O–H groups in total. The van der Waals surface area contributed by atoms with Gasteiger partial charge in [0.1, 0.15) is 41.5 Å². The van der Waals surface area contributed by atoms with E-state index in [1.807, 2.05) is 118 Å². The van der Waals surface area contributed by atoms with E-state index in [1.54, 1.807) is 36.4 Å². The second kappa shape index (κ2) is 33.7. The maximum Gasteiger partial charge on any atom is 0.421 e. The normalized spacial score (nSPS) is 13.9. The number of epoxide rings is 1. The van der Waals surface area contributed by atoms with Crippen LogP contribution in [0.15, 0.2) is 146 Å². The number of fused-ring (bicyclic) bond motifs is 2. The first-order chi connectivity index (χ1) is 38.6. The number of benzene rings is 7. The molecule has 0 spiro atoms. The number of halogens is 3. The van der Waals surface area contributed by atoms with Gasteiger partial charge < -0.3 is 39.7 Å². The Kier molecular flexibility index (Phi) is 29.2. The van der Waals surface area contributed by atoms with Crippen molar-refractivity contribution < 1.29 is 62.5 Å². The fraction of sp³-hybridized carbons (Fsp3) is 0.420. The van der Waals surface area contributed by atoms with E-state index in [0.29, 0.717) is 46.1 Å². The summed E-state index contributed by atoms with van der Waals surface area (Å²) in [5.74, 6) is 1.30. The number of aromatic hydroxyl groups is 4. The predicted molar refractivity (Wildman–Crippen MR) is 328 cm³/mol. The van der Waals surface area contributed by atoms with Crippen molar-refractivity contribution in [2.24, 2.45) is 10.8 Å². The molecule has 4 atom stereocenters.